The summed E-state index contributed by atoms with van der Waals surface area (Å²) < 4.78 is 0. The molecule has 5 heteroatoms. The third-order valence-corrected chi connectivity index (χ3v) is 4.27. The lowest BCUT2D eigenvalue weighted by Crippen LogP contribution is -2.51. The molecule has 0 saturated carbocycles. The van der Waals surface area contributed by atoms with Crippen molar-refractivity contribution >= 4 is 5.96 Å². The lowest BCUT2D eigenvalue weighted by atomic mass is 10.1. The first-order chi connectivity index (χ1) is 13.2. The molecule has 0 aliphatic carbocycles. The van der Waals surface area contributed by atoms with Crippen LogP contribution in [0.3, 0.4) is 0 Å². The van der Waals surface area contributed by atoms with E-state index in [0.717, 1.165) is 17.5 Å². The van der Waals surface area contributed by atoms with Crippen molar-refractivity contribution in [1.82, 2.24) is 10.6 Å². The second-order valence-corrected chi connectivity index (χ2v) is 6.66. The molecule has 0 fully saturated rings. The maximum atomic E-state index is 9.79. The third-order valence-electron chi connectivity index (χ3n) is 4.27. The second-order valence-electron chi connectivity index (χ2n) is 6.66. The highest BCUT2D eigenvalue weighted by Gasteiger charge is 2.15. The molecule has 0 amide bonds. The van der Waals surface area contributed by atoms with Crippen LogP contribution in [-0.2, 0) is 12.8 Å². The van der Waals surface area contributed by atoms with Gasteiger partial charge in [0.25, 0.3) is 0 Å². The summed E-state index contributed by atoms with van der Waals surface area (Å²) in [6, 6.07) is 19.8. The van der Waals surface area contributed by atoms with Crippen molar-refractivity contribution in [2.45, 2.75) is 38.3 Å². The number of nitrogens with one attached hydrogen (secondary N) is 2. The summed E-state index contributed by atoms with van der Waals surface area (Å²) in [4.78, 5) is 4.57. The number of rotatable bonds is 10. The first-order valence-electron chi connectivity index (χ1n) is 9.62. The van der Waals surface area contributed by atoms with Crippen LogP contribution in [0.5, 0.6) is 0 Å². The molecule has 146 valence electrons. The van der Waals surface area contributed by atoms with Crippen molar-refractivity contribution in [3.05, 3.63) is 71.8 Å². The Kier molecular flexibility index (Phi) is 9.38. The Morgan fingerprint density at radius 1 is 0.815 bits per heavy atom. The van der Waals surface area contributed by atoms with E-state index in [1.54, 1.807) is 0 Å². The molecule has 4 N–H and O–H groups in total. The molecule has 0 spiro atoms. The number of aliphatic hydroxyl groups excluding tert-OH is 2. The van der Waals surface area contributed by atoms with Crippen molar-refractivity contribution < 1.29 is 10.2 Å². The van der Waals surface area contributed by atoms with Crippen LogP contribution >= 0.6 is 0 Å². The molecule has 0 aliphatic rings. The number of nitrogens with zero attached hydrogens (tertiary/aromatic N) is 1. The highest BCUT2D eigenvalue weighted by Crippen LogP contribution is 2.05. The molecule has 2 atom stereocenters. The van der Waals surface area contributed by atoms with E-state index in [0.29, 0.717) is 25.3 Å². The molecule has 0 saturated heterocycles. The lowest BCUT2D eigenvalue weighted by Gasteiger charge is -2.24. The van der Waals surface area contributed by atoms with E-state index in [-0.39, 0.29) is 25.3 Å². The van der Waals surface area contributed by atoms with Crippen molar-refractivity contribution in [1.29, 1.82) is 0 Å². The van der Waals surface area contributed by atoms with E-state index in [2.05, 4.69) is 22.5 Å². The average molecular weight is 370 g/mol. The minimum absolute atomic E-state index is 0.00416. The molecular weight excluding hydrogens is 338 g/mol. The van der Waals surface area contributed by atoms with Gasteiger partial charge in [-0.25, -0.2) is 0 Å². The molecule has 0 aromatic heterocycles. The Morgan fingerprint density at radius 3 is 1.63 bits per heavy atom. The van der Waals surface area contributed by atoms with E-state index in [1.807, 2.05) is 60.7 Å². The van der Waals surface area contributed by atoms with Gasteiger partial charge in [0, 0.05) is 6.54 Å². The largest absolute Gasteiger partial charge is 0.394 e. The second kappa shape index (κ2) is 12.1. The number of hydrogen-bond donors (Lipinski definition) is 4. The van der Waals surface area contributed by atoms with Crippen LogP contribution in [0.2, 0.25) is 0 Å². The topological polar surface area (TPSA) is 76.9 Å². The van der Waals surface area contributed by atoms with Gasteiger partial charge in [-0.2, -0.15) is 0 Å². The van der Waals surface area contributed by atoms with Crippen molar-refractivity contribution in [2.24, 2.45) is 4.99 Å². The first-order valence-corrected chi connectivity index (χ1v) is 9.62. The number of aliphatic hydroxyl groups is 2. The van der Waals surface area contributed by atoms with Gasteiger partial charge in [-0.3, -0.25) is 4.99 Å². The van der Waals surface area contributed by atoms with Crippen molar-refractivity contribution in [2.75, 3.05) is 19.8 Å². The molecular formula is C22H31N3O2. The minimum Gasteiger partial charge on any atom is -0.394 e. The summed E-state index contributed by atoms with van der Waals surface area (Å²) >= 11 is 0. The zero-order valence-electron chi connectivity index (χ0n) is 16.0. The summed E-state index contributed by atoms with van der Waals surface area (Å²) in [5.41, 5.74) is 2.31. The van der Waals surface area contributed by atoms with Crippen molar-refractivity contribution in [3.8, 4) is 0 Å². The fourth-order valence-corrected chi connectivity index (χ4v) is 2.86. The number of guanidine groups is 1. The van der Waals surface area contributed by atoms with E-state index < -0.39 is 0 Å². The molecule has 0 unspecified atom stereocenters. The van der Waals surface area contributed by atoms with Gasteiger partial charge >= 0.3 is 0 Å². The summed E-state index contributed by atoms with van der Waals surface area (Å²) in [7, 11) is 0. The van der Waals surface area contributed by atoms with Gasteiger partial charge in [-0.1, -0.05) is 67.6 Å². The Balaban J connectivity index is 2.01. The summed E-state index contributed by atoms with van der Waals surface area (Å²) in [5, 5.41) is 26.2. The lowest BCUT2D eigenvalue weighted by molar-refractivity contribution is 0.245. The monoisotopic (exact) mass is 369 g/mol. The Morgan fingerprint density at radius 2 is 1.26 bits per heavy atom. The maximum absolute atomic E-state index is 9.79. The molecule has 0 aliphatic heterocycles. The van der Waals surface area contributed by atoms with Gasteiger partial charge in [-0.05, 0) is 30.4 Å². The zero-order chi connectivity index (χ0) is 19.3. The number of benzene rings is 2. The van der Waals surface area contributed by atoms with Crippen LogP contribution in [-0.4, -0.2) is 48.0 Å². The maximum Gasteiger partial charge on any atom is 0.191 e. The predicted octanol–water partition coefficient (Wildman–Crippen LogP) is 2.14. The predicted molar refractivity (Wildman–Crippen MR) is 111 cm³/mol. The average Bonchev–Trinajstić information content (AvgIpc) is 2.72. The van der Waals surface area contributed by atoms with Crippen LogP contribution in [0.4, 0.5) is 0 Å². The van der Waals surface area contributed by atoms with Crippen LogP contribution in [0.15, 0.2) is 65.7 Å². The van der Waals surface area contributed by atoms with Crippen LogP contribution in [0.25, 0.3) is 0 Å². The molecule has 5 nitrogen and oxygen atoms in total. The van der Waals surface area contributed by atoms with E-state index in [1.165, 1.54) is 0 Å². The quantitative estimate of drug-likeness (QED) is 0.382. The zero-order valence-corrected chi connectivity index (χ0v) is 16.0. The highest BCUT2D eigenvalue weighted by atomic mass is 16.3. The smallest absolute Gasteiger partial charge is 0.191 e. The molecule has 27 heavy (non-hydrogen) atoms. The van der Waals surface area contributed by atoms with Gasteiger partial charge in [-0.15, -0.1) is 0 Å². The van der Waals surface area contributed by atoms with Crippen LogP contribution in [0, 0.1) is 0 Å². The fourth-order valence-electron chi connectivity index (χ4n) is 2.86. The van der Waals surface area contributed by atoms with E-state index in [9.17, 15) is 10.2 Å². The number of aliphatic imine (C=N–C) groups is 1. The first kappa shape index (κ1) is 20.9. The van der Waals surface area contributed by atoms with Gasteiger partial charge < -0.3 is 20.8 Å². The summed E-state index contributed by atoms with van der Waals surface area (Å²) in [6.07, 6.45) is 2.33. The van der Waals surface area contributed by atoms with E-state index in [4.69, 9.17) is 0 Å². The Bertz CT molecular complexity index is 608. The van der Waals surface area contributed by atoms with Crippen molar-refractivity contribution in [3.63, 3.8) is 0 Å². The summed E-state index contributed by atoms with van der Waals surface area (Å²) in [5.74, 6) is 0.627. The normalized spacial score (nSPS) is 12.9. The number of hydrogen-bond acceptors (Lipinski definition) is 3. The van der Waals surface area contributed by atoms with Gasteiger partial charge in [0.2, 0.25) is 0 Å². The fraction of sp³-hybridized carbons (Fsp3) is 0.409. The minimum atomic E-state index is -0.147. The SMILES string of the molecule is CCCN=C(N[C@H](CO)Cc1ccccc1)N[C@H](CO)Cc1ccccc1. The molecule has 0 heterocycles. The summed E-state index contributed by atoms with van der Waals surface area (Å²) in [6.45, 7) is 2.76. The molecule has 2 aromatic carbocycles. The van der Waals surface area contributed by atoms with Gasteiger partial charge in [0.1, 0.15) is 0 Å². The third kappa shape index (κ3) is 7.81. The molecule has 0 radical (unpaired) electrons. The molecule has 2 aromatic rings. The molecule has 2 rings (SSSR count). The van der Waals surface area contributed by atoms with Gasteiger partial charge in [0.15, 0.2) is 5.96 Å². The molecule has 0 bridgehead atoms. The van der Waals surface area contributed by atoms with E-state index >= 15 is 0 Å². The van der Waals surface area contributed by atoms with Crippen LogP contribution in [0.1, 0.15) is 24.5 Å². The Hall–Kier alpha value is -2.37. The standard InChI is InChI=1S/C22H31N3O2/c1-2-13-23-22(24-20(16-26)14-18-9-5-3-6-10-18)25-21(17-27)15-19-11-7-4-8-12-19/h3-12,20-21,26-27H,2,13-17H2,1H3,(H2,23,24,25)/t20-,21-/m0/s1. The Labute approximate surface area is 162 Å². The van der Waals surface area contributed by atoms with Crippen LogP contribution < -0.4 is 10.6 Å². The highest BCUT2D eigenvalue weighted by molar-refractivity contribution is 5.80. The van der Waals surface area contributed by atoms with Gasteiger partial charge in [0.05, 0.1) is 25.3 Å².